The second-order valence-corrected chi connectivity index (χ2v) is 5.05. The standard InChI is InChI=1S/C20H23N3O3/c1-7-11-12-14(8-2)18-16(17(10-4)21-20(25)22-18)13-15(9-3)19(24)23(5)26-6/h7-13H,1,3-4H2,2,5-6H3,(H,21,22,25)/b12-11-,14-8+,15-13+. The largest absolute Gasteiger partial charge is 0.345 e. The number of amides is 1. The highest BCUT2D eigenvalue weighted by atomic mass is 16.7. The molecule has 0 aliphatic heterocycles. The van der Waals surface area contributed by atoms with Crippen LogP contribution in [-0.4, -0.2) is 35.1 Å². The first kappa shape index (κ1) is 20.8. The minimum absolute atomic E-state index is 0.274. The molecule has 1 amide bonds. The van der Waals surface area contributed by atoms with E-state index >= 15 is 0 Å². The highest BCUT2D eigenvalue weighted by Gasteiger charge is 2.16. The van der Waals surface area contributed by atoms with Crippen LogP contribution in [0.1, 0.15) is 23.9 Å². The van der Waals surface area contributed by atoms with Crippen LogP contribution >= 0.6 is 0 Å². The molecule has 0 radical (unpaired) electrons. The van der Waals surface area contributed by atoms with Crippen LogP contribution < -0.4 is 5.69 Å². The first-order valence-corrected chi connectivity index (χ1v) is 7.82. The SMILES string of the molecule is C=C/C=C\C(=C/C)c1nc(=O)[nH]c(C=C)c1/C=C(\C=C)C(=O)N(C)OC. The van der Waals surface area contributed by atoms with Gasteiger partial charge in [0.05, 0.1) is 18.5 Å². The molecule has 1 aromatic heterocycles. The van der Waals surface area contributed by atoms with Gasteiger partial charge >= 0.3 is 5.69 Å². The van der Waals surface area contributed by atoms with Crippen LogP contribution in [0.5, 0.6) is 0 Å². The molecule has 26 heavy (non-hydrogen) atoms. The monoisotopic (exact) mass is 353 g/mol. The Morgan fingerprint density at radius 2 is 2.00 bits per heavy atom. The predicted octanol–water partition coefficient (Wildman–Crippen LogP) is 3.15. The molecule has 0 atom stereocenters. The van der Waals surface area contributed by atoms with Crippen molar-refractivity contribution in [2.45, 2.75) is 6.92 Å². The third kappa shape index (κ3) is 4.87. The number of aromatic nitrogens is 2. The fourth-order valence-electron chi connectivity index (χ4n) is 2.14. The van der Waals surface area contributed by atoms with Gasteiger partial charge in [0.25, 0.3) is 5.91 Å². The van der Waals surface area contributed by atoms with Crippen molar-refractivity contribution in [3.63, 3.8) is 0 Å². The summed E-state index contributed by atoms with van der Waals surface area (Å²) in [4.78, 5) is 36.0. The molecule has 1 heterocycles. The second-order valence-electron chi connectivity index (χ2n) is 5.05. The summed E-state index contributed by atoms with van der Waals surface area (Å²) >= 11 is 0. The molecule has 0 saturated carbocycles. The quantitative estimate of drug-likeness (QED) is 0.442. The van der Waals surface area contributed by atoms with Gasteiger partial charge in [-0.3, -0.25) is 9.63 Å². The summed E-state index contributed by atoms with van der Waals surface area (Å²) < 4.78 is 0. The lowest BCUT2D eigenvalue weighted by molar-refractivity contribution is -0.163. The third-order valence-corrected chi connectivity index (χ3v) is 3.53. The maximum atomic E-state index is 12.4. The van der Waals surface area contributed by atoms with Crippen molar-refractivity contribution in [1.29, 1.82) is 0 Å². The van der Waals surface area contributed by atoms with Gasteiger partial charge in [-0.1, -0.05) is 50.1 Å². The average molecular weight is 353 g/mol. The smallest absolute Gasteiger partial charge is 0.305 e. The van der Waals surface area contributed by atoms with E-state index in [0.29, 0.717) is 22.5 Å². The van der Waals surface area contributed by atoms with Crippen LogP contribution in [0.4, 0.5) is 0 Å². The van der Waals surface area contributed by atoms with Gasteiger partial charge in [0, 0.05) is 18.2 Å². The molecule has 0 unspecified atom stereocenters. The van der Waals surface area contributed by atoms with E-state index in [2.05, 4.69) is 29.7 Å². The zero-order chi connectivity index (χ0) is 19.7. The minimum Gasteiger partial charge on any atom is -0.305 e. The third-order valence-electron chi connectivity index (χ3n) is 3.53. The van der Waals surface area contributed by atoms with Gasteiger partial charge in [-0.25, -0.2) is 9.86 Å². The van der Waals surface area contributed by atoms with Crippen LogP contribution in [0.2, 0.25) is 0 Å². The van der Waals surface area contributed by atoms with E-state index in [-0.39, 0.29) is 5.57 Å². The average Bonchev–Trinajstić information content (AvgIpc) is 2.66. The normalized spacial score (nSPS) is 12.1. The maximum Gasteiger partial charge on any atom is 0.345 e. The first-order valence-electron chi connectivity index (χ1n) is 7.82. The molecule has 6 heteroatoms. The fraction of sp³-hybridized carbons (Fsp3) is 0.150. The number of likely N-dealkylation sites (N-methyl/N-ethyl adjacent to an activating group) is 1. The first-order chi connectivity index (χ1) is 12.4. The van der Waals surface area contributed by atoms with E-state index in [1.807, 2.05) is 13.0 Å². The van der Waals surface area contributed by atoms with Gasteiger partial charge in [-0.15, -0.1) is 0 Å². The van der Waals surface area contributed by atoms with Gasteiger partial charge in [0.15, 0.2) is 0 Å². The van der Waals surface area contributed by atoms with Gasteiger partial charge in [0.1, 0.15) is 0 Å². The molecule has 0 saturated heterocycles. The lowest BCUT2D eigenvalue weighted by Crippen LogP contribution is -2.26. The second kappa shape index (κ2) is 9.90. The van der Waals surface area contributed by atoms with E-state index < -0.39 is 11.6 Å². The number of allylic oxidation sites excluding steroid dienone is 5. The number of hydrogen-bond donors (Lipinski definition) is 1. The van der Waals surface area contributed by atoms with Crippen LogP contribution in [0.25, 0.3) is 17.7 Å². The molecule has 0 bridgehead atoms. The minimum atomic E-state index is -0.515. The van der Waals surface area contributed by atoms with Gasteiger partial charge in [-0.05, 0) is 24.6 Å². The number of hydrogen-bond acceptors (Lipinski definition) is 4. The highest BCUT2D eigenvalue weighted by molar-refractivity contribution is 6.01. The molecule has 1 rings (SSSR count). The Hall–Kier alpha value is -3.25. The Labute approximate surface area is 153 Å². The fourth-order valence-corrected chi connectivity index (χ4v) is 2.14. The van der Waals surface area contributed by atoms with Crippen LogP contribution in [-0.2, 0) is 9.63 Å². The lowest BCUT2D eigenvalue weighted by Gasteiger charge is -2.15. The molecule has 6 nitrogen and oxygen atoms in total. The van der Waals surface area contributed by atoms with Crippen LogP contribution in [0.15, 0.2) is 60.5 Å². The summed E-state index contributed by atoms with van der Waals surface area (Å²) in [6.07, 6.45) is 11.4. The van der Waals surface area contributed by atoms with Crippen molar-refractivity contribution in [2.24, 2.45) is 0 Å². The van der Waals surface area contributed by atoms with E-state index in [1.165, 1.54) is 26.3 Å². The number of nitrogens with zero attached hydrogens (tertiary/aromatic N) is 2. The molecule has 0 aromatic carbocycles. The molecule has 0 fully saturated rings. The van der Waals surface area contributed by atoms with Gasteiger partial charge in [0.2, 0.25) is 0 Å². The van der Waals surface area contributed by atoms with E-state index in [4.69, 9.17) is 4.84 Å². The molecule has 136 valence electrons. The summed E-state index contributed by atoms with van der Waals surface area (Å²) in [7, 11) is 2.88. The summed E-state index contributed by atoms with van der Waals surface area (Å²) in [5.41, 5.74) is 1.85. The number of nitrogens with one attached hydrogen (secondary N) is 1. The van der Waals surface area contributed by atoms with Crippen molar-refractivity contribution >= 4 is 23.6 Å². The Balaban J connectivity index is 3.75. The lowest BCUT2D eigenvalue weighted by atomic mass is 10.0. The number of H-pyrrole nitrogens is 1. The molecular formula is C20H23N3O3. The van der Waals surface area contributed by atoms with E-state index in [9.17, 15) is 9.59 Å². The molecule has 0 aliphatic rings. The summed E-state index contributed by atoms with van der Waals surface area (Å²) in [5, 5.41) is 1.08. The summed E-state index contributed by atoms with van der Waals surface area (Å²) in [5.74, 6) is -0.390. The molecular weight excluding hydrogens is 330 g/mol. The van der Waals surface area contributed by atoms with Crippen molar-refractivity contribution in [3.05, 3.63) is 83.1 Å². The van der Waals surface area contributed by atoms with Crippen LogP contribution in [0, 0.1) is 0 Å². The Bertz CT molecular complexity index is 858. The van der Waals surface area contributed by atoms with Crippen molar-refractivity contribution in [3.8, 4) is 0 Å². The molecule has 1 N–H and O–H groups in total. The van der Waals surface area contributed by atoms with Gasteiger partial charge < -0.3 is 4.98 Å². The topological polar surface area (TPSA) is 75.3 Å². The van der Waals surface area contributed by atoms with Crippen molar-refractivity contribution < 1.29 is 9.63 Å². The van der Waals surface area contributed by atoms with Crippen LogP contribution in [0.3, 0.4) is 0 Å². The Morgan fingerprint density at radius 1 is 1.31 bits per heavy atom. The molecule has 1 aromatic rings. The Morgan fingerprint density at radius 3 is 2.50 bits per heavy atom. The van der Waals surface area contributed by atoms with Gasteiger partial charge in [-0.2, -0.15) is 4.98 Å². The number of carbonyl (C=O) groups is 1. The van der Waals surface area contributed by atoms with Crippen molar-refractivity contribution in [1.82, 2.24) is 15.0 Å². The maximum absolute atomic E-state index is 12.4. The number of rotatable bonds is 8. The highest BCUT2D eigenvalue weighted by Crippen LogP contribution is 2.23. The zero-order valence-corrected chi connectivity index (χ0v) is 15.3. The number of aromatic amines is 1. The number of hydroxylamine groups is 2. The van der Waals surface area contributed by atoms with E-state index in [0.717, 1.165) is 5.06 Å². The van der Waals surface area contributed by atoms with E-state index in [1.54, 1.807) is 24.3 Å². The zero-order valence-electron chi connectivity index (χ0n) is 15.3. The Kier molecular flexibility index (Phi) is 7.92. The predicted molar refractivity (Wildman–Crippen MR) is 106 cm³/mol. The number of carbonyl (C=O) groups excluding carboxylic acids is 1. The van der Waals surface area contributed by atoms with Crippen molar-refractivity contribution in [2.75, 3.05) is 14.2 Å². The summed E-state index contributed by atoms with van der Waals surface area (Å²) in [6.45, 7) is 12.9. The molecule has 0 spiro atoms. The summed E-state index contributed by atoms with van der Waals surface area (Å²) in [6, 6.07) is 0. The molecule has 0 aliphatic carbocycles.